The fraction of sp³-hybridized carbons (Fsp3) is 0.125. The molecule has 0 fully saturated rings. The maximum atomic E-state index is 9.61. The molecule has 0 aliphatic rings. The van der Waals surface area contributed by atoms with Crippen molar-refractivity contribution >= 4 is 27.6 Å². The third-order valence-corrected chi connectivity index (χ3v) is 4.90. The standard InChI is InChI=1S/C24H20BrNO3/c1-27-21-10-8-19(9-11-21)20(15-26)12-18-13-22(25)24(23(14-18)28-2)29-16-17-6-4-3-5-7-17/h3-14H,16H2,1-2H3/b20-12+. The Kier molecular flexibility index (Phi) is 6.94. The van der Waals surface area contributed by atoms with E-state index in [9.17, 15) is 5.26 Å². The number of allylic oxidation sites excluding steroid dienone is 1. The molecular weight excluding hydrogens is 430 g/mol. The zero-order valence-electron chi connectivity index (χ0n) is 16.2. The topological polar surface area (TPSA) is 51.5 Å². The molecule has 0 radical (unpaired) electrons. The monoisotopic (exact) mass is 449 g/mol. The van der Waals surface area contributed by atoms with E-state index >= 15 is 0 Å². The third kappa shape index (κ3) is 5.18. The van der Waals surface area contributed by atoms with Gasteiger partial charge in [0, 0.05) is 0 Å². The summed E-state index contributed by atoms with van der Waals surface area (Å²) in [6.45, 7) is 0.431. The smallest absolute Gasteiger partial charge is 0.175 e. The number of nitriles is 1. The van der Waals surface area contributed by atoms with Gasteiger partial charge in [-0.2, -0.15) is 5.26 Å². The summed E-state index contributed by atoms with van der Waals surface area (Å²) in [7, 11) is 3.21. The second kappa shape index (κ2) is 9.81. The summed E-state index contributed by atoms with van der Waals surface area (Å²) < 4.78 is 17.4. The van der Waals surface area contributed by atoms with Gasteiger partial charge in [-0.05, 0) is 75.1 Å². The summed E-state index contributed by atoms with van der Waals surface area (Å²) in [5, 5.41) is 9.61. The number of methoxy groups -OCH3 is 2. The van der Waals surface area contributed by atoms with Crippen molar-refractivity contribution in [1.82, 2.24) is 0 Å². The van der Waals surface area contributed by atoms with E-state index in [1.54, 1.807) is 14.2 Å². The zero-order chi connectivity index (χ0) is 20.6. The summed E-state index contributed by atoms with van der Waals surface area (Å²) in [5.74, 6) is 1.96. The fourth-order valence-corrected chi connectivity index (χ4v) is 3.38. The highest BCUT2D eigenvalue weighted by Crippen LogP contribution is 2.38. The average Bonchev–Trinajstić information content (AvgIpc) is 2.77. The number of rotatable bonds is 7. The Balaban J connectivity index is 1.88. The number of nitrogens with zero attached hydrogens (tertiary/aromatic N) is 1. The molecule has 0 atom stereocenters. The number of halogens is 1. The minimum Gasteiger partial charge on any atom is -0.497 e. The molecule has 5 heteroatoms. The van der Waals surface area contributed by atoms with Gasteiger partial charge in [0.15, 0.2) is 11.5 Å². The molecule has 0 bridgehead atoms. The molecule has 3 aromatic rings. The summed E-state index contributed by atoms with van der Waals surface area (Å²) in [5.41, 5.74) is 3.25. The highest BCUT2D eigenvalue weighted by molar-refractivity contribution is 9.10. The van der Waals surface area contributed by atoms with Crippen molar-refractivity contribution in [1.29, 1.82) is 5.26 Å². The van der Waals surface area contributed by atoms with Crippen LogP contribution in [0.3, 0.4) is 0 Å². The second-order valence-corrected chi connectivity index (χ2v) is 7.06. The maximum Gasteiger partial charge on any atom is 0.175 e. The summed E-state index contributed by atoms with van der Waals surface area (Å²) in [6.07, 6.45) is 1.82. The Bertz CT molecular complexity index is 1040. The molecule has 3 aromatic carbocycles. The molecule has 0 N–H and O–H groups in total. The lowest BCUT2D eigenvalue weighted by atomic mass is 10.0. The molecule has 146 valence electrons. The first-order valence-corrected chi connectivity index (χ1v) is 9.74. The number of benzene rings is 3. The summed E-state index contributed by atoms with van der Waals surface area (Å²) >= 11 is 3.57. The SMILES string of the molecule is COc1ccc(/C(C#N)=C/c2cc(Br)c(OCc3ccccc3)c(OC)c2)cc1. The van der Waals surface area contributed by atoms with Gasteiger partial charge >= 0.3 is 0 Å². The van der Waals surface area contributed by atoms with Crippen LogP contribution in [0.2, 0.25) is 0 Å². The van der Waals surface area contributed by atoms with E-state index in [0.29, 0.717) is 23.7 Å². The highest BCUT2D eigenvalue weighted by atomic mass is 79.9. The first-order valence-electron chi connectivity index (χ1n) is 8.95. The van der Waals surface area contributed by atoms with E-state index in [4.69, 9.17) is 14.2 Å². The largest absolute Gasteiger partial charge is 0.497 e. The third-order valence-electron chi connectivity index (χ3n) is 4.31. The first kappa shape index (κ1) is 20.5. The highest BCUT2D eigenvalue weighted by Gasteiger charge is 2.12. The molecular formula is C24H20BrNO3. The van der Waals surface area contributed by atoms with Crippen LogP contribution in [0.25, 0.3) is 11.6 Å². The summed E-state index contributed by atoms with van der Waals surface area (Å²) in [6, 6.07) is 23.3. The molecule has 0 aromatic heterocycles. The van der Waals surface area contributed by atoms with E-state index in [0.717, 1.165) is 26.9 Å². The van der Waals surface area contributed by atoms with Gasteiger partial charge in [0.1, 0.15) is 12.4 Å². The lowest BCUT2D eigenvalue weighted by Gasteiger charge is -2.14. The normalized spacial score (nSPS) is 10.9. The summed E-state index contributed by atoms with van der Waals surface area (Å²) in [4.78, 5) is 0. The number of hydrogen-bond donors (Lipinski definition) is 0. The van der Waals surface area contributed by atoms with Gasteiger partial charge in [-0.15, -0.1) is 0 Å². The van der Waals surface area contributed by atoms with Gasteiger partial charge in [-0.25, -0.2) is 0 Å². The van der Waals surface area contributed by atoms with Crippen LogP contribution >= 0.6 is 15.9 Å². The van der Waals surface area contributed by atoms with Crippen LogP contribution in [-0.4, -0.2) is 14.2 Å². The molecule has 0 saturated heterocycles. The fourth-order valence-electron chi connectivity index (χ4n) is 2.81. The Morgan fingerprint density at radius 1 is 1.00 bits per heavy atom. The Labute approximate surface area is 179 Å². The van der Waals surface area contributed by atoms with E-state index in [1.807, 2.05) is 72.8 Å². The number of hydrogen-bond acceptors (Lipinski definition) is 4. The van der Waals surface area contributed by atoms with Gasteiger partial charge in [-0.3, -0.25) is 0 Å². The molecule has 0 aliphatic carbocycles. The minimum absolute atomic E-state index is 0.431. The van der Waals surface area contributed by atoms with Crippen LogP contribution in [0.15, 0.2) is 71.2 Å². The average molecular weight is 450 g/mol. The van der Waals surface area contributed by atoms with E-state index in [2.05, 4.69) is 22.0 Å². The van der Waals surface area contributed by atoms with Crippen LogP contribution in [0, 0.1) is 11.3 Å². The van der Waals surface area contributed by atoms with Crippen LogP contribution in [0.4, 0.5) is 0 Å². The molecule has 0 saturated carbocycles. The van der Waals surface area contributed by atoms with Gasteiger partial charge in [0.25, 0.3) is 0 Å². The van der Waals surface area contributed by atoms with Crippen LogP contribution in [0.5, 0.6) is 17.2 Å². The van der Waals surface area contributed by atoms with Crippen LogP contribution in [0.1, 0.15) is 16.7 Å². The van der Waals surface area contributed by atoms with Crippen molar-refractivity contribution in [2.45, 2.75) is 6.61 Å². The quantitative estimate of drug-likeness (QED) is 0.322. The first-order chi connectivity index (χ1) is 14.1. The molecule has 0 amide bonds. The van der Waals surface area contributed by atoms with Crippen molar-refractivity contribution in [2.75, 3.05) is 14.2 Å². The predicted molar refractivity (Wildman–Crippen MR) is 118 cm³/mol. The lowest BCUT2D eigenvalue weighted by Crippen LogP contribution is -1.99. The molecule has 0 spiro atoms. The van der Waals surface area contributed by atoms with Gasteiger partial charge in [0.05, 0.1) is 30.3 Å². The van der Waals surface area contributed by atoms with Crippen molar-refractivity contribution in [3.8, 4) is 23.3 Å². The predicted octanol–water partition coefficient (Wildman–Crippen LogP) is 6.11. The molecule has 0 aliphatic heterocycles. The molecule has 0 heterocycles. The van der Waals surface area contributed by atoms with E-state index in [-0.39, 0.29) is 0 Å². The maximum absolute atomic E-state index is 9.61. The van der Waals surface area contributed by atoms with Crippen molar-refractivity contribution < 1.29 is 14.2 Å². The second-order valence-electron chi connectivity index (χ2n) is 6.21. The van der Waals surface area contributed by atoms with E-state index < -0.39 is 0 Å². The molecule has 29 heavy (non-hydrogen) atoms. The van der Waals surface area contributed by atoms with Crippen LogP contribution < -0.4 is 14.2 Å². The Morgan fingerprint density at radius 3 is 2.34 bits per heavy atom. The van der Waals surface area contributed by atoms with Crippen LogP contribution in [-0.2, 0) is 6.61 Å². The van der Waals surface area contributed by atoms with Gasteiger partial charge < -0.3 is 14.2 Å². The van der Waals surface area contributed by atoms with Crippen molar-refractivity contribution in [3.63, 3.8) is 0 Å². The van der Waals surface area contributed by atoms with Gasteiger partial charge in [-0.1, -0.05) is 30.3 Å². The van der Waals surface area contributed by atoms with E-state index in [1.165, 1.54) is 0 Å². The zero-order valence-corrected chi connectivity index (χ0v) is 17.8. The van der Waals surface area contributed by atoms with Crippen molar-refractivity contribution in [2.24, 2.45) is 0 Å². The minimum atomic E-state index is 0.431. The molecule has 0 unspecified atom stereocenters. The number of ether oxygens (including phenoxy) is 3. The van der Waals surface area contributed by atoms with Crippen molar-refractivity contribution in [3.05, 3.63) is 87.9 Å². The Hall–Kier alpha value is -3.23. The lowest BCUT2D eigenvalue weighted by molar-refractivity contribution is 0.282. The Morgan fingerprint density at radius 2 is 1.72 bits per heavy atom. The van der Waals surface area contributed by atoms with Gasteiger partial charge in [0.2, 0.25) is 0 Å². The molecule has 3 rings (SSSR count). The molecule has 4 nitrogen and oxygen atoms in total.